The van der Waals surface area contributed by atoms with Crippen LogP contribution in [0.15, 0.2) is 18.2 Å². The molecule has 0 saturated carbocycles. The van der Waals surface area contributed by atoms with Crippen molar-refractivity contribution in [1.29, 1.82) is 0 Å². The topological polar surface area (TPSA) is 32.3 Å². The van der Waals surface area contributed by atoms with Gasteiger partial charge in [-0.05, 0) is 63.9 Å². The third-order valence-corrected chi connectivity index (χ3v) is 4.65. The van der Waals surface area contributed by atoms with E-state index in [1.54, 1.807) is 18.2 Å². The van der Waals surface area contributed by atoms with Crippen LogP contribution in [0.2, 0.25) is 10.0 Å². The highest BCUT2D eigenvalue weighted by Gasteiger charge is 2.21. The van der Waals surface area contributed by atoms with Crippen molar-refractivity contribution in [1.82, 2.24) is 10.2 Å². The van der Waals surface area contributed by atoms with Crippen molar-refractivity contribution >= 4 is 29.1 Å². The van der Waals surface area contributed by atoms with Gasteiger partial charge in [0.2, 0.25) is 0 Å². The lowest BCUT2D eigenvalue weighted by Crippen LogP contribution is -2.41. The first kappa shape index (κ1) is 16.6. The first-order valence-corrected chi connectivity index (χ1v) is 8.20. The van der Waals surface area contributed by atoms with E-state index < -0.39 is 0 Å². The van der Waals surface area contributed by atoms with Gasteiger partial charge in [-0.25, -0.2) is 0 Å². The zero-order chi connectivity index (χ0) is 15.4. The van der Waals surface area contributed by atoms with Gasteiger partial charge in [0.15, 0.2) is 0 Å². The molecule has 0 radical (unpaired) electrons. The van der Waals surface area contributed by atoms with Crippen molar-refractivity contribution in [3.63, 3.8) is 0 Å². The van der Waals surface area contributed by atoms with E-state index in [9.17, 15) is 4.79 Å². The molecule has 0 aromatic heterocycles. The van der Waals surface area contributed by atoms with Crippen LogP contribution in [0.1, 0.15) is 37.0 Å². The SMILES string of the molecule is CC(C)N1CCC(CNC(=O)c2ccc(Cl)cc2Cl)CC1. The molecule has 0 spiro atoms. The first-order chi connectivity index (χ1) is 9.97. The zero-order valence-corrected chi connectivity index (χ0v) is 14.0. The summed E-state index contributed by atoms with van der Waals surface area (Å²) in [6.45, 7) is 7.39. The second-order valence-corrected chi connectivity index (χ2v) is 6.75. The summed E-state index contributed by atoms with van der Waals surface area (Å²) in [6, 6.07) is 5.55. The number of amides is 1. The summed E-state index contributed by atoms with van der Waals surface area (Å²) in [5.74, 6) is 0.429. The molecule has 1 aliphatic rings. The minimum Gasteiger partial charge on any atom is -0.352 e. The average Bonchev–Trinajstić information content (AvgIpc) is 2.45. The molecule has 1 amide bonds. The Kier molecular flexibility index (Phi) is 5.91. The van der Waals surface area contributed by atoms with Crippen molar-refractivity contribution in [3.05, 3.63) is 33.8 Å². The summed E-state index contributed by atoms with van der Waals surface area (Å²) in [5, 5.41) is 3.93. The van der Waals surface area contributed by atoms with Gasteiger partial charge in [0.25, 0.3) is 5.91 Å². The number of carbonyl (C=O) groups is 1. The Morgan fingerprint density at radius 1 is 1.33 bits per heavy atom. The Morgan fingerprint density at radius 3 is 2.57 bits per heavy atom. The fourth-order valence-electron chi connectivity index (χ4n) is 2.68. The minimum absolute atomic E-state index is 0.122. The van der Waals surface area contributed by atoms with Crippen LogP contribution in [-0.4, -0.2) is 36.5 Å². The van der Waals surface area contributed by atoms with Crippen LogP contribution in [-0.2, 0) is 0 Å². The number of nitrogens with zero attached hydrogens (tertiary/aromatic N) is 1. The van der Waals surface area contributed by atoms with Gasteiger partial charge in [-0.3, -0.25) is 4.79 Å². The molecule has 116 valence electrons. The van der Waals surface area contributed by atoms with Crippen molar-refractivity contribution in [2.24, 2.45) is 5.92 Å². The molecule has 1 N–H and O–H groups in total. The van der Waals surface area contributed by atoms with Crippen LogP contribution in [0.5, 0.6) is 0 Å². The summed E-state index contributed by atoms with van der Waals surface area (Å²) < 4.78 is 0. The number of carbonyl (C=O) groups excluding carboxylic acids is 1. The number of hydrogen-bond donors (Lipinski definition) is 1. The molecule has 5 heteroatoms. The molecule has 3 nitrogen and oxygen atoms in total. The molecular formula is C16H22Cl2N2O. The van der Waals surface area contributed by atoms with E-state index in [0.29, 0.717) is 34.1 Å². The van der Waals surface area contributed by atoms with Crippen molar-refractivity contribution in [2.75, 3.05) is 19.6 Å². The molecule has 2 rings (SSSR count). The Morgan fingerprint density at radius 2 is 2.00 bits per heavy atom. The summed E-state index contributed by atoms with van der Waals surface area (Å²) in [4.78, 5) is 14.6. The standard InChI is InChI=1S/C16H22Cl2N2O/c1-11(2)20-7-5-12(6-8-20)10-19-16(21)14-4-3-13(17)9-15(14)18/h3-4,9,11-12H,5-8,10H2,1-2H3,(H,19,21). The molecule has 0 aliphatic carbocycles. The molecule has 0 unspecified atom stereocenters. The number of piperidine rings is 1. The number of likely N-dealkylation sites (tertiary alicyclic amines) is 1. The highest BCUT2D eigenvalue weighted by atomic mass is 35.5. The highest BCUT2D eigenvalue weighted by Crippen LogP contribution is 2.22. The number of rotatable bonds is 4. The average molecular weight is 329 g/mol. The van der Waals surface area contributed by atoms with Crippen LogP contribution in [0.4, 0.5) is 0 Å². The van der Waals surface area contributed by atoms with Gasteiger partial charge < -0.3 is 10.2 Å². The normalized spacial score (nSPS) is 17.2. The van der Waals surface area contributed by atoms with E-state index >= 15 is 0 Å². The third-order valence-electron chi connectivity index (χ3n) is 4.11. The Labute approximate surface area is 136 Å². The monoisotopic (exact) mass is 328 g/mol. The number of halogens is 2. The largest absolute Gasteiger partial charge is 0.352 e. The van der Waals surface area contributed by atoms with Crippen molar-refractivity contribution < 1.29 is 4.79 Å². The van der Waals surface area contributed by atoms with Gasteiger partial charge in [-0.1, -0.05) is 23.2 Å². The molecule has 1 aromatic rings. The van der Waals surface area contributed by atoms with Gasteiger partial charge in [-0.15, -0.1) is 0 Å². The van der Waals surface area contributed by atoms with E-state index in [1.165, 1.54) is 0 Å². The molecular weight excluding hydrogens is 307 g/mol. The number of nitrogens with one attached hydrogen (secondary N) is 1. The maximum absolute atomic E-state index is 12.1. The highest BCUT2D eigenvalue weighted by molar-refractivity contribution is 6.36. The molecule has 1 fully saturated rings. The van der Waals surface area contributed by atoms with E-state index in [2.05, 4.69) is 24.1 Å². The number of hydrogen-bond acceptors (Lipinski definition) is 2. The van der Waals surface area contributed by atoms with E-state index in [-0.39, 0.29) is 5.91 Å². The van der Waals surface area contributed by atoms with Gasteiger partial charge in [0, 0.05) is 17.6 Å². The number of benzene rings is 1. The van der Waals surface area contributed by atoms with Crippen LogP contribution < -0.4 is 5.32 Å². The maximum Gasteiger partial charge on any atom is 0.252 e. The van der Waals surface area contributed by atoms with Crippen molar-refractivity contribution in [3.8, 4) is 0 Å². The van der Waals surface area contributed by atoms with Gasteiger partial charge in [0.05, 0.1) is 10.6 Å². The molecule has 1 aliphatic heterocycles. The molecule has 21 heavy (non-hydrogen) atoms. The minimum atomic E-state index is -0.122. The van der Waals surface area contributed by atoms with Gasteiger partial charge in [-0.2, -0.15) is 0 Å². The first-order valence-electron chi connectivity index (χ1n) is 7.44. The zero-order valence-electron chi connectivity index (χ0n) is 12.5. The third kappa shape index (κ3) is 4.60. The Hall–Kier alpha value is -0.770. The summed E-state index contributed by atoms with van der Waals surface area (Å²) in [5.41, 5.74) is 0.487. The van der Waals surface area contributed by atoms with Crippen LogP contribution >= 0.6 is 23.2 Å². The smallest absolute Gasteiger partial charge is 0.252 e. The van der Waals surface area contributed by atoms with Gasteiger partial charge in [0.1, 0.15) is 0 Å². The van der Waals surface area contributed by atoms with Crippen LogP contribution in [0.3, 0.4) is 0 Å². The Balaban J connectivity index is 1.82. The lowest BCUT2D eigenvalue weighted by atomic mass is 9.96. The van der Waals surface area contributed by atoms with Crippen molar-refractivity contribution in [2.45, 2.75) is 32.7 Å². The fourth-order valence-corrected chi connectivity index (χ4v) is 3.17. The van der Waals surface area contributed by atoms with Crippen LogP contribution in [0, 0.1) is 5.92 Å². The summed E-state index contributed by atoms with van der Waals surface area (Å²) in [6.07, 6.45) is 2.26. The Bertz CT molecular complexity index is 497. The van der Waals surface area contributed by atoms with Crippen LogP contribution in [0.25, 0.3) is 0 Å². The quantitative estimate of drug-likeness (QED) is 0.910. The fraction of sp³-hybridized carbons (Fsp3) is 0.562. The molecule has 1 heterocycles. The lowest BCUT2D eigenvalue weighted by Gasteiger charge is -2.34. The second-order valence-electron chi connectivity index (χ2n) is 5.91. The molecule has 0 bridgehead atoms. The molecule has 1 saturated heterocycles. The second kappa shape index (κ2) is 7.48. The van der Waals surface area contributed by atoms with E-state index in [1.807, 2.05) is 0 Å². The molecule has 1 aromatic carbocycles. The predicted octanol–water partition coefficient (Wildman–Crippen LogP) is 3.84. The maximum atomic E-state index is 12.1. The molecule has 0 atom stereocenters. The van der Waals surface area contributed by atoms with E-state index in [4.69, 9.17) is 23.2 Å². The predicted molar refractivity (Wildman–Crippen MR) is 88.2 cm³/mol. The van der Waals surface area contributed by atoms with Gasteiger partial charge >= 0.3 is 0 Å². The van der Waals surface area contributed by atoms with E-state index in [0.717, 1.165) is 25.9 Å². The lowest BCUT2D eigenvalue weighted by molar-refractivity contribution is 0.0930. The summed E-state index contributed by atoms with van der Waals surface area (Å²) >= 11 is 11.9. The summed E-state index contributed by atoms with van der Waals surface area (Å²) in [7, 11) is 0.